The highest BCUT2D eigenvalue weighted by atomic mass is 32.2. The quantitative estimate of drug-likeness (QED) is 0.177. The molecule has 0 unspecified atom stereocenters. The van der Waals surface area contributed by atoms with Crippen molar-refractivity contribution in [3.8, 4) is 0 Å². The number of nitrogens with zero attached hydrogens (tertiary/aromatic N) is 2. The van der Waals surface area contributed by atoms with Crippen molar-refractivity contribution in [2.24, 2.45) is 0 Å². The van der Waals surface area contributed by atoms with Crippen LogP contribution in [-0.4, -0.2) is 28.0 Å². The van der Waals surface area contributed by atoms with Crippen LogP contribution in [0.15, 0.2) is 69.8 Å². The summed E-state index contributed by atoms with van der Waals surface area (Å²) in [6, 6.07) is 11.9. The molecule has 0 saturated carbocycles. The van der Waals surface area contributed by atoms with Gasteiger partial charge in [-0.25, -0.2) is 14.2 Å². The summed E-state index contributed by atoms with van der Waals surface area (Å²) < 4.78 is 18.9. The molecular weight excluding hydrogens is 463 g/mol. The summed E-state index contributed by atoms with van der Waals surface area (Å²) in [5.41, 5.74) is 1.15. The number of nitro benzene ring substituents is 1. The van der Waals surface area contributed by atoms with Gasteiger partial charge >= 0.3 is 5.97 Å². The molecule has 3 aromatic rings. The number of hydrogen-bond acceptors (Lipinski definition) is 8. The molecule has 1 atom stereocenters. The maximum absolute atomic E-state index is 14.0. The summed E-state index contributed by atoms with van der Waals surface area (Å²) in [6.45, 7) is 1.66. The van der Waals surface area contributed by atoms with E-state index in [0.29, 0.717) is 16.8 Å². The van der Waals surface area contributed by atoms with Gasteiger partial charge in [0.05, 0.1) is 29.1 Å². The van der Waals surface area contributed by atoms with Crippen molar-refractivity contribution < 1.29 is 18.8 Å². The number of allylic oxidation sites excluding steroid dienone is 1. The van der Waals surface area contributed by atoms with Gasteiger partial charge in [-0.1, -0.05) is 42.1 Å². The van der Waals surface area contributed by atoms with E-state index in [1.807, 2.05) is 0 Å². The number of carbonyl (C=O) groups is 1. The van der Waals surface area contributed by atoms with Gasteiger partial charge in [0.2, 0.25) is 0 Å². The molecule has 0 saturated heterocycles. The smallest absolute Gasteiger partial charge is 0.336 e. The fourth-order valence-corrected chi connectivity index (χ4v) is 4.61. The predicted octanol–water partition coefficient (Wildman–Crippen LogP) is 4.11. The van der Waals surface area contributed by atoms with Gasteiger partial charge in [0.15, 0.2) is 5.16 Å². The molecule has 34 heavy (non-hydrogen) atoms. The maximum Gasteiger partial charge on any atom is 0.336 e. The predicted molar refractivity (Wildman–Crippen MR) is 124 cm³/mol. The van der Waals surface area contributed by atoms with Gasteiger partial charge in [0.1, 0.15) is 11.6 Å². The lowest BCUT2D eigenvalue weighted by atomic mass is 9.82. The van der Waals surface area contributed by atoms with Gasteiger partial charge in [0.25, 0.3) is 11.2 Å². The Hall–Kier alpha value is -3.99. The monoisotopic (exact) mass is 482 g/mol. The second kappa shape index (κ2) is 9.48. The minimum Gasteiger partial charge on any atom is -0.466 e. The summed E-state index contributed by atoms with van der Waals surface area (Å²) in [6.07, 6.45) is 0. The van der Waals surface area contributed by atoms with E-state index in [-0.39, 0.29) is 39.4 Å². The molecule has 0 spiro atoms. The van der Waals surface area contributed by atoms with Crippen molar-refractivity contribution in [2.45, 2.75) is 23.8 Å². The molecule has 0 bridgehead atoms. The fourth-order valence-electron chi connectivity index (χ4n) is 3.76. The Morgan fingerprint density at radius 2 is 1.94 bits per heavy atom. The number of esters is 1. The first-order chi connectivity index (χ1) is 16.3. The number of fused-ring (bicyclic) bond motifs is 1. The average molecular weight is 482 g/mol. The van der Waals surface area contributed by atoms with Gasteiger partial charge in [-0.15, -0.1) is 0 Å². The molecule has 2 heterocycles. The Bertz CT molecular complexity index is 1370. The van der Waals surface area contributed by atoms with Gasteiger partial charge in [-0.3, -0.25) is 14.9 Å². The lowest BCUT2D eigenvalue weighted by molar-refractivity contribution is -0.384. The van der Waals surface area contributed by atoms with E-state index in [9.17, 15) is 24.1 Å². The number of nitrogens with one attached hydrogen (secondary N) is 2. The molecule has 2 N–H and O–H groups in total. The highest BCUT2D eigenvalue weighted by Crippen LogP contribution is 2.40. The number of ether oxygens (including phenoxy) is 1. The third-order valence-corrected chi connectivity index (χ3v) is 6.31. The first-order valence-corrected chi connectivity index (χ1v) is 11.1. The van der Waals surface area contributed by atoms with Gasteiger partial charge < -0.3 is 15.0 Å². The topological polar surface area (TPSA) is 127 Å². The lowest BCUT2D eigenvalue weighted by Crippen LogP contribution is -2.31. The first-order valence-electron chi connectivity index (χ1n) is 10.1. The average Bonchev–Trinajstić information content (AvgIpc) is 2.82. The number of nitro groups is 1. The Kier molecular flexibility index (Phi) is 6.46. The molecule has 1 aliphatic heterocycles. The highest BCUT2D eigenvalue weighted by Gasteiger charge is 2.36. The van der Waals surface area contributed by atoms with E-state index in [0.717, 1.165) is 11.8 Å². The first kappa shape index (κ1) is 23.2. The van der Waals surface area contributed by atoms with Gasteiger partial charge in [0, 0.05) is 23.6 Å². The number of aromatic amines is 1. The van der Waals surface area contributed by atoms with Crippen LogP contribution in [0.3, 0.4) is 0 Å². The van der Waals surface area contributed by atoms with Crippen LogP contribution in [0.5, 0.6) is 0 Å². The number of non-ortho nitro benzene ring substituents is 1. The molecular formula is C23H19FN4O5S. The molecule has 174 valence electrons. The molecule has 4 rings (SSSR count). The zero-order valence-corrected chi connectivity index (χ0v) is 18.9. The van der Waals surface area contributed by atoms with Crippen LogP contribution in [0.2, 0.25) is 0 Å². The SMILES string of the molecule is COC(=O)C1=C(C)Nc2nc(SCc3ccccc3F)[nH]c(=O)c2[C@@H]1c1ccc([N+](=O)[O-])cc1. The molecule has 1 aromatic heterocycles. The number of anilines is 1. The van der Waals surface area contributed by atoms with Crippen molar-refractivity contribution >= 4 is 29.2 Å². The van der Waals surface area contributed by atoms with E-state index in [1.165, 1.54) is 37.4 Å². The zero-order valence-electron chi connectivity index (χ0n) is 18.1. The van der Waals surface area contributed by atoms with Crippen LogP contribution in [0.25, 0.3) is 0 Å². The number of hydrogen-bond donors (Lipinski definition) is 2. The van der Waals surface area contributed by atoms with Crippen LogP contribution < -0.4 is 10.9 Å². The number of benzene rings is 2. The van der Waals surface area contributed by atoms with Crippen molar-refractivity contribution in [1.82, 2.24) is 9.97 Å². The Morgan fingerprint density at radius 3 is 2.59 bits per heavy atom. The van der Waals surface area contributed by atoms with E-state index in [2.05, 4.69) is 15.3 Å². The normalized spacial score (nSPS) is 14.9. The van der Waals surface area contributed by atoms with Crippen LogP contribution >= 0.6 is 11.8 Å². The number of thioether (sulfide) groups is 1. The second-order valence-electron chi connectivity index (χ2n) is 7.45. The van der Waals surface area contributed by atoms with Gasteiger partial charge in [-0.05, 0) is 24.1 Å². The van der Waals surface area contributed by atoms with Crippen molar-refractivity contribution in [1.29, 1.82) is 0 Å². The molecule has 9 nitrogen and oxygen atoms in total. The standard InChI is InChI=1S/C23H19FN4O5S/c1-12-17(22(30)33-2)18(13-7-9-15(10-8-13)28(31)32)19-20(25-12)26-23(27-21(19)29)34-11-14-5-3-4-6-16(14)24/h3-10,18H,11H2,1-2H3,(H2,25,26,27,29)/t18-/m1/s1. The van der Waals surface area contributed by atoms with Crippen molar-refractivity contribution in [2.75, 3.05) is 12.4 Å². The molecule has 11 heteroatoms. The van der Waals surface area contributed by atoms with E-state index in [1.54, 1.807) is 25.1 Å². The van der Waals surface area contributed by atoms with Crippen LogP contribution in [0, 0.1) is 15.9 Å². The molecule has 1 aliphatic rings. The summed E-state index contributed by atoms with van der Waals surface area (Å²) in [7, 11) is 1.23. The summed E-state index contributed by atoms with van der Waals surface area (Å²) in [5, 5.41) is 14.3. The minimum absolute atomic E-state index is 0.120. The largest absolute Gasteiger partial charge is 0.466 e. The summed E-state index contributed by atoms with van der Waals surface area (Å²) >= 11 is 1.16. The number of carbonyl (C=O) groups excluding carboxylic acids is 1. The fraction of sp³-hybridized carbons (Fsp3) is 0.174. The molecule has 0 fully saturated rings. The van der Waals surface area contributed by atoms with Crippen molar-refractivity contribution in [3.63, 3.8) is 0 Å². The number of aromatic nitrogens is 2. The number of rotatable bonds is 6. The van der Waals surface area contributed by atoms with E-state index < -0.39 is 22.4 Å². The van der Waals surface area contributed by atoms with E-state index in [4.69, 9.17) is 4.74 Å². The third kappa shape index (κ3) is 4.42. The summed E-state index contributed by atoms with van der Waals surface area (Å²) in [5.74, 6) is -1.35. The number of H-pyrrole nitrogens is 1. The van der Waals surface area contributed by atoms with Gasteiger partial charge in [-0.2, -0.15) is 0 Å². The Morgan fingerprint density at radius 1 is 1.24 bits per heavy atom. The number of methoxy groups -OCH3 is 1. The number of halogens is 1. The van der Waals surface area contributed by atoms with Crippen LogP contribution in [0.4, 0.5) is 15.9 Å². The second-order valence-corrected chi connectivity index (χ2v) is 8.41. The molecule has 0 amide bonds. The third-order valence-electron chi connectivity index (χ3n) is 5.39. The Labute approximate surface area is 197 Å². The molecule has 0 radical (unpaired) electrons. The van der Waals surface area contributed by atoms with Crippen LogP contribution in [-0.2, 0) is 15.3 Å². The molecule has 2 aromatic carbocycles. The zero-order chi connectivity index (χ0) is 24.4. The molecule has 0 aliphatic carbocycles. The highest BCUT2D eigenvalue weighted by molar-refractivity contribution is 7.98. The lowest BCUT2D eigenvalue weighted by Gasteiger charge is -2.28. The van der Waals surface area contributed by atoms with E-state index >= 15 is 0 Å². The minimum atomic E-state index is -0.855. The van der Waals surface area contributed by atoms with Crippen molar-refractivity contribution in [3.05, 3.63) is 103 Å². The maximum atomic E-state index is 14.0. The summed E-state index contributed by atoms with van der Waals surface area (Å²) in [4.78, 5) is 43.5. The Balaban J connectivity index is 1.77. The van der Waals surface area contributed by atoms with Crippen LogP contribution in [0.1, 0.15) is 29.5 Å².